The van der Waals surface area contributed by atoms with Crippen molar-refractivity contribution < 1.29 is 13.9 Å². The van der Waals surface area contributed by atoms with E-state index in [1.807, 2.05) is 0 Å². The number of amides is 1. The molecule has 0 aromatic rings. The van der Waals surface area contributed by atoms with Crippen LogP contribution in [0.3, 0.4) is 0 Å². The van der Waals surface area contributed by atoms with Gasteiger partial charge in [-0.05, 0) is 20.8 Å². The summed E-state index contributed by atoms with van der Waals surface area (Å²) in [4.78, 5) is 11.0. The summed E-state index contributed by atoms with van der Waals surface area (Å²) in [5.74, 6) is 0. The van der Waals surface area contributed by atoms with Gasteiger partial charge in [0.05, 0.1) is 6.04 Å². The smallest absolute Gasteiger partial charge is 0.407 e. The number of alkyl halides is 1. The predicted octanol–water partition coefficient (Wildman–Crippen LogP) is 1.62. The molecule has 12 heavy (non-hydrogen) atoms. The lowest BCUT2D eigenvalue weighted by molar-refractivity contribution is 0.0519. The van der Waals surface area contributed by atoms with Crippen LogP contribution in [-0.2, 0) is 4.74 Å². The highest BCUT2D eigenvalue weighted by Gasteiger charge is 2.39. The van der Waals surface area contributed by atoms with Crippen molar-refractivity contribution in [2.24, 2.45) is 0 Å². The molecule has 0 radical (unpaired) electrons. The highest BCUT2D eigenvalue weighted by atomic mass is 19.1. The van der Waals surface area contributed by atoms with Gasteiger partial charge in [0.1, 0.15) is 11.8 Å². The van der Waals surface area contributed by atoms with Crippen molar-refractivity contribution in [3.05, 3.63) is 0 Å². The van der Waals surface area contributed by atoms with Gasteiger partial charge in [-0.25, -0.2) is 9.18 Å². The van der Waals surface area contributed by atoms with Gasteiger partial charge < -0.3 is 10.1 Å². The summed E-state index contributed by atoms with van der Waals surface area (Å²) in [6.45, 7) is 5.31. The van der Waals surface area contributed by atoms with Gasteiger partial charge in [0, 0.05) is 6.42 Å². The van der Waals surface area contributed by atoms with Crippen molar-refractivity contribution in [1.82, 2.24) is 5.32 Å². The molecule has 1 amide bonds. The molecule has 0 aliphatic heterocycles. The second-order valence-electron chi connectivity index (χ2n) is 4.00. The van der Waals surface area contributed by atoms with Crippen LogP contribution in [0.1, 0.15) is 27.2 Å². The molecule has 1 saturated carbocycles. The Morgan fingerprint density at radius 3 is 2.42 bits per heavy atom. The highest BCUT2D eigenvalue weighted by molar-refractivity contribution is 5.68. The van der Waals surface area contributed by atoms with E-state index in [1.165, 1.54) is 0 Å². The molecule has 4 heteroatoms. The molecule has 70 valence electrons. The Hall–Kier alpha value is -0.800. The van der Waals surface area contributed by atoms with Gasteiger partial charge >= 0.3 is 6.09 Å². The molecule has 2 atom stereocenters. The fourth-order valence-electron chi connectivity index (χ4n) is 0.772. The van der Waals surface area contributed by atoms with Crippen LogP contribution in [0.2, 0.25) is 0 Å². The molecule has 1 fully saturated rings. The molecule has 3 nitrogen and oxygen atoms in total. The number of carbonyl (C=O) groups excluding carboxylic acids is 1. The van der Waals surface area contributed by atoms with Gasteiger partial charge in [-0.1, -0.05) is 0 Å². The van der Waals surface area contributed by atoms with Crippen LogP contribution >= 0.6 is 0 Å². The summed E-state index contributed by atoms with van der Waals surface area (Å²) in [6, 6.07) is -0.320. The van der Waals surface area contributed by atoms with Crippen molar-refractivity contribution in [2.45, 2.75) is 45.0 Å². The van der Waals surface area contributed by atoms with E-state index < -0.39 is 17.9 Å². The number of rotatable bonds is 1. The maximum absolute atomic E-state index is 12.3. The molecule has 0 aromatic heterocycles. The van der Waals surface area contributed by atoms with Gasteiger partial charge in [-0.3, -0.25) is 0 Å². The van der Waals surface area contributed by atoms with Crippen LogP contribution in [0.4, 0.5) is 9.18 Å². The molecule has 0 unspecified atom stereocenters. The Balaban J connectivity index is 2.21. The number of carbonyl (C=O) groups is 1. The number of hydrogen-bond donors (Lipinski definition) is 1. The first-order chi connectivity index (χ1) is 5.38. The van der Waals surface area contributed by atoms with Crippen LogP contribution in [-0.4, -0.2) is 23.9 Å². The zero-order chi connectivity index (χ0) is 9.35. The number of ether oxygens (including phenoxy) is 1. The standard InChI is InChI=1S/C8H14FNO2/c1-8(2,3)12-7(11)10-6-4-5(6)9/h5-6H,4H2,1-3H3,(H,10,11)/t5-,6-/m1/s1. The molecule has 1 aliphatic carbocycles. The van der Waals surface area contributed by atoms with Crippen LogP contribution in [0.5, 0.6) is 0 Å². The van der Waals surface area contributed by atoms with Crippen molar-refractivity contribution in [1.29, 1.82) is 0 Å². The molecular weight excluding hydrogens is 161 g/mol. The highest BCUT2D eigenvalue weighted by Crippen LogP contribution is 2.25. The SMILES string of the molecule is CC(C)(C)OC(=O)N[C@@H]1C[C@H]1F. The first kappa shape index (κ1) is 9.29. The van der Waals surface area contributed by atoms with E-state index >= 15 is 0 Å². The Morgan fingerprint density at radius 2 is 2.08 bits per heavy atom. The third-order valence-corrected chi connectivity index (χ3v) is 1.41. The maximum Gasteiger partial charge on any atom is 0.407 e. The third-order valence-electron chi connectivity index (χ3n) is 1.41. The summed E-state index contributed by atoms with van der Waals surface area (Å²) in [6.07, 6.45) is -0.996. The molecular formula is C8H14FNO2. The molecule has 0 aromatic carbocycles. The predicted molar refractivity (Wildman–Crippen MR) is 42.7 cm³/mol. The Morgan fingerprint density at radius 1 is 1.58 bits per heavy atom. The average molecular weight is 175 g/mol. The van der Waals surface area contributed by atoms with Crippen molar-refractivity contribution >= 4 is 6.09 Å². The number of halogens is 1. The lowest BCUT2D eigenvalue weighted by Gasteiger charge is -2.19. The third kappa shape index (κ3) is 3.07. The van der Waals surface area contributed by atoms with E-state index in [9.17, 15) is 9.18 Å². The molecule has 0 heterocycles. The molecule has 1 rings (SSSR count). The second-order valence-corrected chi connectivity index (χ2v) is 4.00. The number of alkyl carbamates (subject to hydrolysis) is 1. The van der Waals surface area contributed by atoms with E-state index in [1.54, 1.807) is 20.8 Å². The van der Waals surface area contributed by atoms with Crippen molar-refractivity contribution in [3.8, 4) is 0 Å². The van der Waals surface area contributed by atoms with Crippen LogP contribution in [0, 0.1) is 0 Å². The van der Waals surface area contributed by atoms with Gasteiger partial charge in [0.2, 0.25) is 0 Å². The minimum Gasteiger partial charge on any atom is -0.444 e. The molecule has 0 saturated heterocycles. The molecule has 1 N–H and O–H groups in total. The first-order valence-corrected chi connectivity index (χ1v) is 4.02. The topological polar surface area (TPSA) is 38.3 Å². The summed E-state index contributed by atoms with van der Waals surface area (Å²) < 4.78 is 17.2. The zero-order valence-corrected chi connectivity index (χ0v) is 7.56. The fraction of sp³-hybridized carbons (Fsp3) is 0.875. The molecule has 1 aliphatic rings. The monoisotopic (exact) mass is 175 g/mol. The second kappa shape index (κ2) is 2.92. The minimum atomic E-state index is -0.877. The first-order valence-electron chi connectivity index (χ1n) is 4.02. The van der Waals surface area contributed by atoms with E-state index in [4.69, 9.17) is 4.74 Å². The lowest BCUT2D eigenvalue weighted by atomic mass is 10.2. The van der Waals surface area contributed by atoms with Gasteiger partial charge in [-0.15, -0.1) is 0 Å². The average Bonchev–Trinajstić information content (AvgIpc) is 2.40. The van der Waals surface area contributed by atoms with E-state index in [0.29, 0.717) is 6.42 Å². The fourth-order valence-corrected chi connectivity index (χ4v) is 0.772. The lowest BCUT2D eigenvalue weighted by Crippen LogP contribution is -2.34. The van der Waals surface area contributed by atoms with Gasteiger partial charge in [0.15, 0.2) is 0 Å². The van der Waals surface area contributed by atoms with Crippen molar-refractivity contribution in [2.75, 3.05) is 0 Å². The summed E-state index contributed by atoms with van der Waals surface area (Å²) >= 11 is 0. The molecule has 0 spiro atoms. The Bertz CT molecular complexity index is 188. The zero-order valence-electron chi connectivity index (χ0n) is 7.56. The van der Waals surface area contributed by atoms with Crippen LogP contribution in [0.15, 0.2) is 0 Å². The Labute approximate surface area is 71.3 Å². The van der Waals surface area contributed by atoms with Gasteiger partial charge in [0.25, 0.3) is 0 Å². The largest absolute Gasteiger partial charge is 0.444 e. The van der Waals surface area contributed by atoms with E-state index in [2.05, 4.69) is 5.32 Å². The van der Waals surface area contributed by atoms with Crippen LogP contribution < -0.4 is 5.32 Å². The minimum absolute atomic E-state index is 0.320. The molecule has 0 bridgehead atoms. The van der Waals surface area contributed by atoms with Gasteiger partial charge in [-0.2, -0.15) is 0 Å². The quantitative estimate of drug-likeness (QED) is 0.657. The van der Waals surface area contributed by atoms with Crippen LogP contribution in [0.25, 0.3) is 0 Å². The number of nitrogens with one attached hydrogen (secondary N) is 1. The Kier molecular flexibility index (Phi) is 2.26. The number of hydrogen-bond acceptors (Lipinski definition) is 2. The summed E-state index contributed by atoms with van der Waals surface area (Å²) in [5.41, 5.74) is -0.509. The maximum atomic E-state index is 12.3. The van der Waals surface area contributed by atoms with E-state index in [-0.39, 0.29) is 6.04 Å². The summed E-state index contributed by atoms with van der Waals surface area (Å²) in [5, 5.41) is 2.42. The summed E-state index contributed by atoms with van der Waals surface area (Å²) in [7, 11) is 0. The van der Waals surface area contributed by atoms with E-state index in [0.717, 1.165) is 0 Å². The normalized spacial score (nSPS) is 28.0. The van der Waals surface area contributed by atoms with Crippen molar-refractivity contribution in [3.63, 3.8) is 0 Å².